The minimum atomic E-state index is -0.238. The second kappa shape index (κ2) is 5.97. The van der Waals surface area contributed by atoms with Crippen LogP contribution < -0.4 is 4.74 Å². The highest BCUT2D eigenvalue weighted by Gasteiger charge is 2.00. The van der Waals surface area contributed by atoms with E-state index in [4.69, 9.17) is 9.84 Å². The van der Waals surface area contributed by atoms with Gasteiger partial charge in [0.15, 0.2) is 0 Å². The molecule has 19 heavy (non-hydrogen) atoms. The maximum Gasteiger partial charge on any atom is 0.121 e. The topological polar surface area (TPSA) is 74.4 Å². The largest absolute Gasteiger partial charge is 0.508 e. The third kappa shape index (κ3) is 3.29. The van der Waals surface area contributed by atoms with Crippen molar-refractivity contribution in [2.24, 2.45) is 10.2 Å². The number of methoxy groups -OCH3 is 1. The van der Waals surface area contributed by atoms with Gasteiger partial charge < -0.3 is 14.9 Å². The number of hydrogen-bond acceptors (Lipinski definition) is 5. The molecule has 0 aromatic heterocycles. The SMILES string of the molecule is COc1ccc(N=Nc2ccc(O)c(CO)c2)cc1. The molecule has 0 heterocycles. The van der Waals surface area contributed by atoms with Crippen molar-refractivity contribution in [1.29, 1.82) is 0 Å². The third-order valence-electron chi connectivity index (χ3n) is 2.59. The molecular weight excluding hydrogens is 244 g/mol. The number of ether oxygens (including phenoxy) is 1. The van der Waals surface area contributed by atoms with Gasteiger partial charge in [-0.25, -0.2) is 0 Å². The number of hydrogen-bond donors (Lipinski definition) is 2. The molecule has 0 unspecified atom stereocenters. The van der Waals surface area contributed by atoms with Gasteiger partial charge in [-0.2, -0.15) is 10.2 Å². The van der Waals surface area contributed by atoms with Gasteiger partial charge in [0.1, 0.15) is 11.5 Å². The predicted octanol–water partition coefficient (Wildman–Crippen LogP) is 3.31. The lowest BCUT2D eigenvalue weighted by Gasteiger charge is -2.01. The maximum atomic E-state index is 9.43. The molecule has 2 rings (SSSR count). The van der Waals surface area contributed by atoms with Crippen molar-refractivity contribution >= 4 is 11.4 Å². The van der Waals surface area contributed by atoms with E-state index in [9.17, 15) is 5.11 Å². The molecule has 0 aliphatic carbocycles. The van der Waals surface area contributed by atoms with Gasteiger partial charge in [0.2, 0.25) is 0 Å². The van der Waals surface area contributed by atoms with Crippen molar-refractivity contribution in [3.8, 4) is 11.5 Å². The molecule has 5 nitrogen and oxygen atoms in total. The number of benzene rings is 2. The number of azo groups is 1. The number of aliphatic hydroxyl groups is 1. The van der Waals surface area contributed by atoms with Crippen LogP contribution in [0, 0.1) is 0 Å². The molecule has 0 aliphatic rings. The molecule has 0 saturated heterocycles. The third-order valence-corrected chi connectivity index (χ3v) is 2.59. The summed E-state index contributed by atoms with van der Waals surface area (Å²) in [5.74, 6) is 0.803. The van der Waals surface area contributed by atoms with E-state index in [-0.39, 0.29) is 12.4 Å². The van der Waals surface area contributed by atoms with Crippen LogP contribution in [-0.4, -0.2) is 17.3 Å². The van der Waals surface area contributed by atoms with Crippen LogP contribution in [0.3, 0.4) is 0 Å². The van der Waals surface area contributed by atoms with E-state index < -0.39 is 0 Å². The van der Waals surface area contributed by atoms with Gasteiger partial charge in [-0.15, -0.1) is 0 Å². The van der Waals surface area contributed by atoms with Crippen LogP contribution >= 0.6 is 0 Å². The van der Waals surface area contributed by atoms with Crippen LogP contribution in [0.25, 0.3) is 0 Å². The van der Waals surface area contributed by atoms with Crippen molar-refractivity contribution in [3.63, 3.8) is 0 Å². The molecular formula is C14H14N2O3. The van der Waals surface area contributed by atoms with Crippen molar-refractivity contribution in [1.82, 2.24) is 0 Å². The Balaban J connectivity index is 2.17. The number of rotatable bonds is 4. The van der Waals surface area contributed by atoms with Crippen molar-refractivity contribution in [2.75, 3.05) is 7.11 Å². The van der Waals surface area contributed by atoms with E-state index in [1.165, 1.54) is 6.07 Å². The first-order valence-electron chi connectivity index (χ1n) is 5.71. The maximum absolute atomic E-state index is 9.43. The molecule has 0 atom stereocenters. The summed E-state index contributed by atoms with van der Waals surface area (Å²) in [6.45, 7) is -0.238. The summed E-state index contributed by atoms with van der Waals surface area (Å²) >= 11 is 0. The summed E-state index contributed by atoms with van der Waals surface area (Å²) in [6, 6.07) is 11.9. The lowest BCUT2D eigenvalue weighted by atomic mass is 10.2. The Morgan fingerprint density at radius 1 is 1.00 bits per heavy atom. The molecule has 0 saturated carbocycles. The van der Waals surface area contributed by atoms with Gasteiger partial charge in [-0.05, 0) is 42.5 Å². The summed E-state index contributed by atoms with van der Waals surface area (Å²) in [5.41, 5.74) is 1.68. The zero-order chi connectivity index (χ0) is 13.7. The first-order valence-corrected chi connectivity index (χ1v) is 5.71. The molecule has 0 fully saturated rings. The number of nitrogens with zero attached hydrogens (tertiary/aromatic N) is 2. The molecule has 2 N–H and O–H groups in total. The molecule has 0 spiro atoms. The fourth-order valence-electron chi connectivity index (χ4n) is 1.53. The zero-order valence-electron chi connectivity index (χ0n) is 10.4. The molecule has 0 bridgehead atoms. The Morgan fingerprint density at radius 3 is 2.26 bits per heavy atom. The first-order chi connectivity index (χ1) is 9.22. The van der Waals surface area contributed by atoms with Gasteiger partial charge in [0, 0.05) is 5.56 Å². The van der Waals surface area contributed by atoms with Crippen molar-refractivity contribution in [2.45, 2.75) is 6.61 Å². The molecule has 2 aromatic rings. The van der Waals surface area contributed by atoms with E-state index >= 15 is 0 Å². The van der Waals surface area contributed by atoms with Crippen LogP contribution in [0.5, 0.6) is 11.5 Å². The fourth-order valence-corrected chi connectivity index (χ4v) is 1.53. The monoisotopic (exact) mass is 258 g/mol. The summed E-state index contributed by atoms with van der Waals surface area (Å²) in [4.78, 5) is 0. The number of aliphatic hydroxyl groups excluding tert-OH is 1. The van der Waals surface area contributed by atoms with E-state index in [0.29, 0.717) is 16.9 Å². The summed E-state index contributed by atoms with van der Waals surface area (Å²) in [7, 11) is 1.60. The van der Waals surface area contributed by atoms with Gasteiger partial charge in [-0.1, -0.05) is 0 Å². The molecule has 0 aliphatic heterocycles. The van der Waals surface area contributed by atoms with Crippen LogP contribution in [-0.2, 0) is 6.61 Å². The molecule has 0 amide bonds. The van der Waals surface area contributed by atoms with Crippen LogP contribution in [0.4, 0.5) is 11.4 Å². The highest BCUT2D eigenvalue weighted by Crippen LogP contribution is 2.25. The normalized spacial score (nSPS) is 10.8. The Morgan fingerprint density at radius 2 is 1.63 bits per heavy atom. The Kier molecular flexibility index (Phi) is 4.10. The van der Waals surface area contributed by atoms with Gasteiger partial charge in [0.05, 0.1) is 25.1 Å². The minimum absolute atomic E-state index is 0.0471. The number of aromatic hydroxyl groups is 1. The molecule has 98 valence electrons. The van der Waals surface area contributed by atoms with Gasteiger partial charge in [0.25, 0.3) is 0 Å². The van der Waals surface area contributed by atoms with Crippen molar-refractivity contribution in [3.05, 3.63) is 48.0 Å². The standard InChI is InChI=1S/C14H14N2O3/c1-19-13-5-2-11(3-6-13)15-16-12-4-7-14(18)10(8-12)9-17/h2-8,17-18H,9H2,1H3. The van der Waals surface area contributed by atoms with Gasteiger partial charge >= 0.3 is 0 Å². The molecule has 5 heteroatoms. The van der Waals surface area contributed by atoms with E-state index in [0.717, 1.165) is 5.75 Å². The summed E-state index contributed by atoms with van der Waals surface area (Å²) < 4.78 is 5.05. The second-order valence-corrected chi connectivity index (χ2v) is 3.87. The number of phenols is 1. The summed E-state index contributed by atoms with van der Waals surface area (Å²) in [6.07, 6.45) is 0. The first kappa shape index (κ1) is 13.0. The van der Waals surface area contributed by atoms with Crippen LogP contribution in [0.1, 0.15) is 5.56 Å². The average molecular weight is 258 g/mol. The minimum Gasteiger partial charge on any atom is -0.508 e. The van der Waals surface area contributed by atoms with Crippen molar-refractivity contribution < 1.29 is 14.9 Å². The molecule has 2 aromatic carbocycles. The van der Waals surface area contributed by atoms with Crippen LogP contribution in [0.15, 0.2) is 52.7 Å². The molecule has 0 radical (unpaired) electrons. The van der Waals surface area contributed by atoms with E-state index in [2.05, 4.69) is 10.2 Å². The lowest BCUT2D eigenvalue weighted by molar-refractivity contribution is 0.275. The highest BCUT2D eigenvalue weighted by atomic mass is 16.5. The summed E-state index contributed by atoms with van der Waals surface area (Å²) in [5, 5.41) is 26.6. The second-order valence-electron chi connectivity index (χ2n) is 3.87. The smallest absolute Gasteiger partial charge is 0.121 e. The lowest BCUT2D eigenvalue weighted by Crippen LogP contribution is -1.82. The quantitative estimate of drug-likeness (QED) is 0.826. The van der Waals surface area contributed by atoms with Crippen LogP contribution in [0.2, 0.25) is 0 Å². The Labute approximate surface area is 110 Å². The van der Waals surface area contributed by atoms with E-state index in [1.54, 1.807) is 43.5 Å². The van der Waals surface area contributed by atoms with Gasteiger partial charge in [-0.3, -0.25) is 0 Å². The van der Waals surface area contributed by atoms with E-state index in [1.807, 2.05) is 0 Å². The highest BCUT2D eigenvalue weighted by molar-refractivity contribution is 5.47. The fraction of sp³-hybridized carbons (Fsp3) is 0.143. The predicted molar refractivity (Wildman–Crippen MR) is 71.2 cm³/mol. The zero-order valence-corrected chi connectivity index (χ0v) is 10.4. The average Bonchev–Trinajstić information content (AvgIpc) is 2.47. The Bertz CT molecular complexity index is 580. The Hall–Kier alpha value is -2.40.